The Balaban J connectivity index is 1.31. The van der Waals surface area contributed by atoms with Crippen molar-refractivity contribution in [3.63, 3.8) is 0 Å². The van der Waals surface area contributed by atoms with Crippen molar-refractivity contribution in [2.75, 3.05) is 33.9 Å². The predicted molar refractivity (Wildman–Crippen MR) is 166 cm³/mol. The second-order valence-corrected chi connectivity index (χ2v) is 9.55. The van der Waals surface area contributed by atoms with Crippen molar-refractivity contribution >= 4 is 17.9 Å². The highest BCUT2D eigenvalue weighted by Gasteiger charge is 2.13. The molecule has 8 heteroatoms. The van der Waals surface area contributed by atoms with Crippen LogP contribution in [0.4, 0.5) is 5.69 Å². The van der Waals surface area contributed by atoms with Gasteiger partial charge in [-0.3, -0.25) is 9.98 Å². The molecule has 2 N–H and O–H groups in total. The maximum atomic E-state index is 6.20. The summed E-state index contributed by atoms with van der Waals surface area (Å²) in [6.45, 7) is 4.92. The van der Waals surface area contributed by atoms with Crippen LogP contribution in [0.3, 0.4) is 0 Å². The lowest BCUT2D eigenvalue weighted by Gasteiger charge is -2.16. The van der Waals surface area contributed by atoms with Crippen LogP contribution in [0.1, 0.15) is 38.3 Å². The van der Waals surface area contributed by atoms with Crippen molar-refractivity contribution in [2.24, 2.45) is 15.7 Å². The largest absolute Gasteiger partial charge is 0.496 e. The van der Waals surface area contributed by atoms with Crippen LogP contribution in [-0.4, -0.2) is 55.9 Å². The fourth-order valence-corrected chi connectivity index (χ4v) is 4.44. The standard InChI is InChI=1S/C33H39N5O3/c1-4-38(24-35-2)21-9-5-6-10-22-40-27-15-12-25(13-16-27)30-18-19-31(41-30)28-17-14-26(23-32(28)39-3)37-33(34)29-11-7-8-20-36-29/h7-8,11-20,23-24H,4-6,9-10,21-22H2,1-3H3,(H2,34,37). The molecular formula is C33H39N5O3. The number of pyridine rings is 1. The first kappa shape index (κ1) is 29.4. The first-order valence-corrected chi connectivity index (χ1v) is 14.0. The van der Waals surface area contributed by atoms with E-state index in [1.54, 1.807) is 13.3 Å². The molecule has 2 aromatic carbocycles. The van der Waals surface area contributed by atoms with Crippen molar-refractivity contribution in [3.05, 3.63) is 84.7 Å². The molecule has 4 aromatic rings. The number of hydrogen-bond donors (Lipinski definition) is 1. The summed E-state index contributed by atoms with van der Waals surface area (Å²) in [4.78, 5) is 15.1. The first-order chi connectivity index (χ1) is 20.1. The monoisotopic (exact) mass is 553 g/mol. The van der Waals surface area contributed by atoms with Gasteiger partial charge in [-0.25, -0.2) is 4.99 Å². The zero-order valence-electron chi connectivity index (χ0n) is 24.1. The molecule has 0 saturated heterocycles. The average Bonchev–Trinajstić information content (AvgIpc) is 3.51. The SMILES string of the molecule is CCN(C=NC)CCCCCCOc1ccc(-c2ccc(-c3ccc(N=C(N)c4ccccn4)cc3OC)o2)cc1. The van der Waals surface area contributed by atoms with Gasteiger partial charge < -0.3 is 24.5 Å². The molecule has 41 heavy (non-hydrogen) atoms. The Hall–Kier alpha value is -4.59. The normalized spacial score (nSPS) is 11.6. The van der Waals surface area contributed by atoms with Crippen molar-refractivity contribution in [2.45, 2.75) is 32.6 Å². The number of nitrogens with two attached hydrogens (primary N) is 1. The number of nitrogens with zero attached hydrogens (tertiary/aromatic N) is 4. The van der Waals surface area contributed by atoms with Crippen molar-refractivity contribution in [1.29, 1.82) is 0 Å². The molecule has 0 amide bonds. The molecule has 0 atom stereocenters. The van der Waals surface area contributed by atoms with Gasteiger partial charge in [0.25, 0.3) is 0 Å². The van der Waals surface area contributed by atoms with Crippen LogP contribution >= 0.6 is 0 Å². The van der Waals surface area contributed by atoms with Crippen LogP contribution in [0.2, 0.25) is 0 Å². The van der Waals surface area contributed by atoms with Gasteiger partial charge in [0.15, 0.2) is 0 Å². The van der Waals surface area contributed by atoms with Crippen molar-refractivity contribution in [3.8, 4) is 34.1 Å². The predicted octanol–water partition coefficient (Wildman–Crippen LogP) is 6.97. The maximum Gasteiger partial charge on any atom is 0.150 e. The Morgan fingerprint density at radius 3 is 2.51 bits per heavy atom. The molecule has 4 rings (SSSR count). The van der Waals surface area contributed by atoms with E-state index in [9.17, 15) is 0 Å². The second kappa shape index (κ2) is 15.3. The second-order valence-electron chi connectivity index (χ2n) is 9.55. The molecule has 0 unspecified atom stereocenters. The van der Waals surface area contributed by atoms with E-state index in [0.29, 0.717) is 35.3 Å². The summed E-state index contributed by atoms with van der Waals surface area (Å²) >= 11 is 0. The summed E-state index contributed by atoms with van der Waals surface area (Å²) in [5.41, 5.74) is 9.23. The summed E-state index contributed by atoms with van der Waals surface area (Å²) in [5, 5.41) is 0. The number of ether oxygens (including phenoxy) is 2. The van der Waals surface area contributed by atoms with E-state index in [1.165, 1.54) is 12.8 Å². The lowest BCUT2D eigenvalue weighted by molar-refractivity contribution is 0.303. The van der Waals surface area contributed by atoms with Crippen LogP contribution in [0.5, 0.6) is 11.5 Å². The lowest BCUT2D eigenvalue weighted by Crippen LogP contribution is -2.22. The number of benzene rings is 2. The van der Waals surface area contributed by atoms with Gasteiger partial charge in [-0.05, 0) is 80.4 Å². The third-order valence-electron chi connectivity index (χ3n) is 6.67. The molecule has 0 saturated carbocycles. The maximum absolute atomic E-state index is 6.20. The molecule has 0 bridgehead atoms. The molecule has 2 aromatic heterocycles. The summed E-state index contributed by atoms with van der Waals surface area (Å²) in [6.07, 6.45) is 8.16. The van der Waals surface area contributed by atoms with E-state index in [-0.39, 0.29) is 0 Å². The molecule has 0 spiro atoms. The summed E-state index contributed by atoms with van der Waals surface area (Å²) in [6, 6.07) is 23.1. The van der Waals surface area contributed by atoms with Crippen LogP contribution in [-0.2, 0) is 0 Å². The Kier molecular flexibility index (Phi) is 10.9. The minimum atomic E-state index is 0.338. The van der Waals surface area contributed by atoms with E-state index in [4.69, 9.17) is 19.6 Å². The van der Waals surface area contributed by atoms with Gasteiger partial charge in [0, 0.05) is 38.0 Å². The number of hydrogen-bond acceptors (Lipinski definition) is 6. The molecule has 2 heterocycles. The number of unbranched alkanes of at least 4 members (excludes halogenated alkanes) is 3. The van der Waals surface area contributed by atoms with E-state index in [0.717, 1.165) is 48.6 Å². The van der Waals surface area contributed by atoms with Gasteiger partial charge in [-0.15, -0.1) is 0 Å². The average molecular weight is 554 g/mol. The van der Waals surface area contributed by atoms with E-state index in [1.807, 2.05) is 86.2 Å². The zero-order chi connectivity index (χ0) is 28.9. The summed E-state index contributed by atoms with van der Waals surface area (Å²) < 4.78 is 17.8. The zero-order valence-corrected chi connectivity index (χ0v) is 24.1. The highest BCUT2D eigenvalue weighted by molar-refractivity contribution is 5.97. The van der Waals surface area contributed by atoms with Crippen molar-refractivity contribution in [1.82, 2.24) is 9.88 Å². The number of aromatic nitrogens is 1. The van der Waals surface area contributed by atoms with E-state index in [2.05, 4.69) is 26.8 Å². The molecule has 0 aliphatic rings. The van der Waals surface area contributed by atoms with Crippen LogP contribution in [0.25, 0.3) is 22.6 Å². The van der Waals surface area contributed by atoms with E-state index < -0.39 is 0 Å². The smallest absolute Gasteiger partial charge is 0.150 e. The number of aliphatic imine (C=N–C) groups is 2. The minimum Gasteiger partial charge on any atom is -0.496 e. The number of amidine groups is 1. The lowest BCUT2D eigenvalue weighted by atomic mass is 10.1. The van der Waals surface area contributed by atoms with Gasteiger partial charge in [-0.1, -0.05) is 18.9 Å². The number of rotatable bonds is 15. The summed E-state index contributed by atoms with van der Waals surface area (Å²) in [5.74, 6) is 3.31. The van der Waals surface area contributed by atoms with Gasteiger partial charge in [0.2, 0.25) is 0 Å². The minimum absolute atomic E-state index is 0.338. The van der Waals surface area contributed by atoms with Crippen LogP contribution < -0.4 is 15.2 Å². The Bertz CT molecular complexity index is 1410. The third-order valence-corrected chi connectivity index (χ3v) is 6.67. The Morgan fingerprint density at radius 1 is 0.976 bits per heavy atom. The Labute approximate surface area is 242 Å². The van der Waals surface area contributed by atoms with Crippen LogP contribution in [0.15, 0.2) is 93.4 Å². The Morgan fingerprint density at radius 2 is 1.78 bits per heavy atom. The molecule has 0 radical (unpaired) electrons. The number of methoxy groups -OCH3 is 1. The van der Waals surface area contributed by atoms with Gasteiger partial charge in [0.05, 0.1) is 31.3 Å². The third kappa shape index (κ3) is 8.45. The van der Waals surface area contributed by atoms with Gasteiger partial charge in [0.1, 0.15) is 34.5 Å². The molecule has 0 aliphatic carbocycles. The fraction of sp³-hybridized carbons (Fsp3) is 0.303. The fourth-order valence-electron chi connectivity index (χ4n) is 4.44. The number of furan rings is 1. The van der Waals surface area contributed by atoms with Crippen LogP contribution in [0, 0.1) is 0 Å². The highest BCUT2D eigenvalue weighted by atomic mass is 16.5. The molecule has 214 valence electrons. The molecule has 0 aliphatic heterocycles. The molecule has 8 nitrogen and oxygen atoms in total. The van der Waals surface area contributed by atoms with Gasteiger partial charge >= 0.3 is 0 Å². The highest BCUT2D eigenvalue weighted by Crippen LogP contribution is 2.36. The molecule has 0 fully saturated rings. The van der Waals surface area contributed by atoms with Gasteiger partial charge in [-0.2, -0.15) is 0 Å². The molecular weight excluding hydrogens is 514 g/mol. The van der Waals surface area contributed by atoms with Crippen molar-refractivity contribution < 1.29 is 13.9 Å². The first-order valence-electron chi connectivity index (χ1n) is 14.0. The topological polar surface area (TPSA) is 98.5 Å². The summed E-state index contributed by atoms with van der Waals surface area (Å²) in [7, 11) is 3.44. The quantitative estimate of drug-likeness (QED) is 0.0969. The van der Waals surface area contributed by atoms with E-state index >= 15 is 0 Å².